The number of fused-ring (bicyclic) bond motifs is 1. The molecule has 0 saturated heterocycles. The van der Waals surface area contributed by atoms with Crippen LogP contribution in [0.2, 0.25) is 0 Å². The fourth-order valence-corrected chi connectivity index (χ4v) is 1.74. The van der Waals surface area contributed by atoms with Crippen molar-refractivity contribution in [1.82, 2.24) is 0 Å². The molecule has 0 N–H and O–H groups in total. The predicted octanol–water partition coefficient (Wildman–Crippen LogP) is 2.90. The molecule has 0 spiro atoms. The minimum atomic E-state index is 0.249. The number of carbonyl (C=O) groups excluding carboxylic acids is 1. The van der Waals surface area contributed by atoms with Crippen molar-refractivity contribution >= 4 is 11.9 Å². The Hall–Kier alpha value is -1.37. The molecule has 1 heteroatoms. The van der Waals surface area contributed by atoms with Crippen molar-refractivity contribution < 1.29 is 4.79 Å². The number of allylic oxidation sites excluding steroid dienone is 1. The zero-order chi connectivity index (χ0) is 9.42. The van der Waals surface area contributed by atoms with Gasteiger partial charge in [0.05, 0.1) is 0 Å². The van der Waals surface area contributed by atoms with Crippen molar-refractivity contribution in [2.24, 2.45) is 0 Å². The molecule has 0 radical (unpaired) electrons. The summed E-state index contributed by atoms with van der Waals surface area (Å²) in [6, 6.07) is 4.09. The zero-order valence-electron chi connectivity index (χ0n) is 7.92. The van der Waals surface area contributed by atoms with Gasteiger partial charge in [0.1, 0.15) is 0 Å². The molecule has 13 heavy (non-hydrogen) atoms. The minimum Gasteiger partial charge on any atom is -0.294 e. The maximum Gasteiger partial charge on any atom is 0.167 e. The van der Waals surface area contributed by atoms with E-state index in [4.69, 9.17) is 0 Å². The van der Waals surface area contributed by atoms with Crippen molar-refractivity contribution in [1.29, 1.82) is 0 Å². The molecule has 0 saturated carbocycles. The topological polar surface area (TPSA) is 17.1 Å². The Kier molecular flexibility index (Phi) is 1.80. The molecule has 0 bridgehead atoms. The summed E-state index contributed by atoms with van der Waals surface area (Å²) in [7, 11) is 0. The summed E-state index contributed by atoms with van der Waals surface area (Å²) in [5, 5.41) is 0. The first kappa shape index (κ1) is 8.24. The second kappa shape index (κ2) is 2.84. The first-order valence-corrected chi connectivity index (χ1v) is 4.50. The molecular weight excluding hydrogens is 160 g/mol. The third-order valence-corrected chi connectivity index (χ3v) is 2.65. The van der Waals surface area contributed by atoms with E-state index in [1.54, 1.807) is 0 Å². The number of benzene rings is 1. The lowest BCUT2D eigenvalue weighted by molar-refractivity contribution is 0.0994. The largest absolute Gasteiger partial charge is 0.294 e. The third kappa shape index (κ3) is 1.21. The van der Waals surface area contributed by atoms with Crippen LogP contribution in [0.15, 0.2) is 18.2 Å². The van der Waals surface area contributed by atoms with E-state index in [-0.39, 0.29) is 5.78 Å². The standard InChI is InChI=1S/C12H12O/c1-8-6-7-10-4-3-5-11(13)12(10)9(8)2/h3-4,6-7H,5H2,1-2H3. The Morgan fingerprint density at radius 2 is 2.00 bits per heavy atom. The highest BCUT2D eigenvalue weighted by Gasteiger charge is 2.15. The molecule has 66 valence electrons. The van der Waals surface area contributed by atoms with Crippen LogP contribution in [0.25, 0.3) is 6.08 Å². The highest BCUT2D eigenvalue weighted by Crippen LogP contribution is 2.24. The van der Waals surface area contributed by atoms with Gasteiger partial charge in [-0.1, -0.05) is 24.3 Å². The Bertz CT molecular complexity index is 400. The summed E-state index contributed by atoms with van der Waals surface area (Å²) in [5.41, 5.74) is 4.32. The van der Waals surface area contributed by atoms with Gasteiger partial charge in [-0.2, -0.15) is 0 Å². The minimum absolute atomic E-state index is 0.249. The lowest BCUT2D eigenvalue weighted by atomic mass is 9.90. The van der Waals surface area contributed by atoms with Crippen LogP contribution in [0.3, 0.4) is 0 Å². The van der Waals surface area contributed by atoms with Crippen LogP contribution in [-0.4, -0.2) is 5.78 Å². The second-order valence-corrected chi connectivity index (χ2v) is 3.50. The molecule has 0 aromatic heterocycles. The number of rotatable bonds is 0. The van der Waals surface area contributed by atoms with Gasteiger partial charge >= 0.3 is 0 Å². The van der Waals surface area contributed by atoms with Crippen LogP contribution in [0.1, 0.15) is 33.5 Å². The number of Topliss-reactive ketones (excluding diaryl/α,β-unsaturated/α-hetero) is 1. The van der Waals surface area contributed by atoms with Gasteiger partial charge in [0.2, 0.25) is 0 Å². The fraction of sp³-hybridized carbons (Fsp3) is 0.250. The molecule has 1 aliphatic rings. The van der Waals surface area contributed by atoms with Gasteiger partial charge in [-0.3, -0.25) is 4.79 Å². The van der Waals surface area contributed by atoms with Crippen molar-refractivity contribution in [2.75, 3.05) is 0 Å². The summed E-state index contributed by atoms with van der Waals surface area (Å²) in [4.78, 5) is 11.6. The first-order valence-electron chi connectivity index (χ1n) is 4.50. The molecule has 0 aliphatic heterocycles. The molecule has 1 aromatic rings. The van der Waals surface area contributed by atoms with E-state index in [9.17, 15) is 4.79 Å². The van der Waals surface area contributed by atoms with E-state index in [0.29, 0.717) is 6.42 Å². The van der Waals surface area contributed by atoms with Crippen LogP contribution < -0.4 is 0 Å². The van der Waals surface area contributed by atoms with E-state index in [1.165, 1.54) is 5.56 Å². The van der Waals surface area contributed by atoms with Gasteiger partial charge in [-0.05, 0) is 30.5 Å². The fourth-order valence-electron chi connectivity index (χ4n) is 1.74. The molecule has 0 amide bonds. The number of hydrogen-bond donors (Lipinski definition) is 0. The van der Waals surface area contributed by atoms with Crippen LogP contribution in [0.5, 0.6) is 0 Å². The van der Waals surface area contributed by atoms with Crippen molar-refractivity contribution in [3.05, 3.63) is 40.5 Å². The maximum atomic E-state index is 11.6. The van der Waals surface area contributed by atoms with E-state index in [2.05, 4.69) is 6.07 Å². The average molecular weight is 172 g/mol. The number of aryl methyl sites for hydroxylation is 1. The van der Waals surface area contributed by atoms with Gasteiger partial charge in [0.15, 0.2) is 5.78 Å². The Morgan fingerprint density at radius 3 is 2.77 bits per heavy atom. The molecule has 1 nitrogen and oxygen atoms in total. The summed E-state index contributed by atoms with van der Waals surface area (Å²) >= 11 is 0. The second-order valence-electron chi connectivity index (χ2n) is 3.50. The molecule has 0 fully saturated rings. The highest BCUT2D eigenvalue weighted by molar-refractivity contribution is 6.04. The van der Waals surface area contributed by atoms with Crippen LogP contribution >= 0.6 is 0 Å². The quantitative estimate of drug-likeness (QED) is 0.588. The molecule has 1 aromatic carbocycles. The lowest BCUT2D eigenvalue weighted by Crippen LogP contribution is -2.07. The first-order chi connectivity index (χ1) is 6.20. The SMILES string of the molecule is Cc1ccc2c(c1C)C(=O)CC=C2. The molecule has 0 atom stereocenters. The Labute approximate surface area is 78.1 Å². The third-order valence-electron chi connectivity index (χ3n) is 2.65. The highest BCUT2D eigenvalue weighted by atomic mass is 16.1. The summed E-state index contributed by atoms with van der Waals surface area (Å²) < 4.78 is 0. The van der Waals surface area contributed by atoms with E-state index < -0.39 is 0 Å². The molecule has 1 aliphatic carbocycles. The van der Waals surface area contributed by atoms with Crippen molar-refractivity contribution in [2.45, 2.75) is 20.3 Å². The van der Waals surface area contributed by atoms with E-state index in [0.717, 1.165) is 16.7 Å². The smallest absolute Gasteiger partial charge is 0.167 e. The van der Waals surface area contributed by atoms with Crippen molar-refractivity contribution in [3.63, 3.8) is 0 Å². The molecule has 0 heterocycles. The molecular formula is C12H12O. The van der Waals surface area contributed by atoms with Crippen LogP contribution in [0.4, 0.5) is 0 Å². The van der Waals surface area contributed by atoms with Gasteiger partial charge < -0.3 is 0 Å². The zero-order valence-corrected chi connectivity index (χ0v) is 7.92. The molecule has 0 unspecified atom stereocenters. The summed E-state index contributed by atoms with van der Waals surface area (Å²) in [5.74, 6) is 0.249. The summed E-state index contributed by atoms with van der Waals surface area (Å²) in [6.07, 6.45) is 4.51. The van der Waals surface area contributed by atoms with Crippen LogP contribution in [-0.2, 0) is 0 Å². The number of hydrogen-bond acceptors (Lipinski definition) is 1. The number of ketones is 1. The van der Waals surface area contributed by atoms with E-state index in [1.807, 2.05) is 32.1 Å². The summed E-state index contributed by atoms with van der Waals surface area (Å²) in [6.45, 7) is 4.06. The maximum absolute atomic E-state index is 11.6. The Morgan fingerprint density at radius 1 is 1.23 bits per heavy atom. The van der Waals surface area contributed by atoms with Gasteiger partial charge in [0.25, 0.3) is 0 Å². The average Bonchev–Trinajstić information content (AvgIpc) is 2.12. The monoisotopic (exact) mass is 172 g/mol. The molecule has 2 rings (SSSR count). The lowest BCUT2D eigenvalue weighted by Gasteiger charge is -2.13. The van der Waals surface area contributed by atoms with Crippen molar-refractivity contribution in [3.8, 4) is 0 Å². The number of carbonyl (C=O) groups is 1. The predicted molar refractivity (Wildman–Crippen MR) is 53.9 cm³/mol. The van der Waals surface area contributed by atoms with E-state index >= 15 is 0 Å². The Balaban J connectivity index is 2.73. The van der Waals surface area contributed by atoms with Gasteiger partial charge in [-0.15, -0.1) is 0 Å². The van der Waals surface area contributed by atoms with Crippen LogP contribution in [0, 0.1) is 13.8 Å². The normalized spacial score (nSPS) is 14.5. The van der Waals surface area contributed by atoms with Gasteiger partial charge in [0, 0.05) is 12.0 Å². The van der Waals surface area contributed by atoms with Gasteiger partial charge in [-0.25, -0.2) is 0 Å².